The zero-order chi connectivity index (χ0) is 14.4. The minimum absolute atomic E-state index is 0.668. The maximum atomic E-state index is 4.81. The van der Waals surface area contributed by atoms with Crippen molar-refractivity contribution in [2.24, 2.45) is 5.92 Å². The first kappa shape index (κ1) is 15.0. The third-order valence-electron chi connectivity index (χ3n) is 3.82. The van der Waals surface area contributed by atoms with E-state index in [2.05, 4.69) is 54.9 Å². The average molecular weight is 273 g/mol. The van der Waals surface area contributed by atoms with E-state index in [0.717, 1.165) is 31.6 Å². The first-order chi connectivity index (χ1) is 9.76. The third kappa shape index (κ3) is 3.60. The van der Waals surface area contributed by atoms with Crippen LogP contribution in [0.1, 0.15) is 39.4 Å². The van der Waals surface area contributed by atoms with Crippen molar-refractivity contribution < 1.29 is 0 Å². The number of nitrogens with zero attached hydrogens (tertiary/aromatic N) is 2. The maximum Gasteiger partial charge on any atom is 0.110 e. The zero-order valence-electron chi connectivity index (χ0n) is 13.0. The number of hydrogen-bond donors (Lipinski definition) is 1. The van der Waals surface area contributed by atoms with Gasteiger partial charge in [-0.2, -0.15) is 0 Å². The van der Waals surface area contributed by atoms with Crippen molar-refractivity contribution >= 4 is 11.0 Å². The van der Waals surface area contributed by atoms with Crippen molar-refractivity contribution in [3.63, 3.8) is 0 Å². The van der Waals surface area contributed by atoms with E-state index in [0.29, 0.717) is 5.92 Å². The van der Waals surface area contributed by atoms with Crippen LogP contribution in [0.5, 0.6) is 0 Å². The normalized spacial score (nSPS) is 12.9. The second kappa shape index (κ2) is 7.44. The van der Waals surface area contributed by atoms with Crippen molar-refractivity contribution in [1.82, 2.24) is 14.9 Å². The van der Waals surface area contributed by atoms with Crippen molar-refractivity contribution in [2.45, 2.75) is 46.6 Å². The van der Waals surface area contributed by atoms with Crippen molar-refractivity contribution in [3.05, 3.63) is 30.1 Å². The molecule has 0 amide bonds. The summed E-state index contributed by atoms with van der Waals surface area (Å²) in [6.07, 6.45) is 3.49. The van der Waals surface area contributed by atoms with E-state index >= 15 is 0 Å². The van der Waals surface area contributed by atoms with Gasteiger partial charge in [0.15, 0.2) is 0 Å². The first-order valence-corrected chi connectivity index (χ1v) is 7.91. The quantitative estimate of drug-likeness (QED) is 0.744. The highest BCUT2D eigenvalue weighted by molar-refractivity contribution is 5.75. The number of aromatic nitrogens is 2. The molecular weight excluding hydrogens is 246 g/mol. The summed E-state index contributed by atoms with van der Waals surface area (Å²) in [6.45, 7) is 9.97. The molecule has 1 N–H and O–H groups in total. The van der Waals surface area contributed by atoms with Gasteiger partial charge in [-0.1, -0.05) is 26.0 Å². The van der Waals surface area contributed by atoms with Crippen LogP contribution in [0.3, 0.4) is 0 Å². The van der Waals surface area contributed by atoms with E-state index in [1.165, 1.54) is 24.2 Å². The SMILES string of the molecule is CCCNCCC(C)Cc1nc2ccccc2n1CC. The van der Waals surface area contributed by atoms with Crippen LogP contribution >= 0.6 is 0 Å². The topological polar surface area (TPSA) is 29.9 Å². The number of fused-ring (bicyclic) bond motifs is 1. The van der Waals surface area contributed by atoms with Crippen LogP contribution in [0.25, 0.3) is 11.0 Å². The van der Waals surface area contributed by atoms with E-state index in [9.17, 15) is 0 Å². The summed E-state index contributed by atoms with van der Waals surface area (Å²) in [4.78, 5) is 4.81. The van der Waals surface area contributed by atoms with Gasteiger partial charge in [0.1, 0.15) is 5.82 Å². The summed E-state index contributed by atoms with van der Waals surface area (Å²) in [5.41, 5.74) is 2.39. The molecule has 20 heavy (non-hydrogen) atoms. The van der Waals surface area contributed by atoms with Gasteiger partial charge in [-0.25, -0.2) is 4.98 Å². The molecule has 1 aromatic heterocycles. The molecule has 0 aliphatic rings. The van der Waals surface area contributed by atoms with Gasteiger partial charge in [-0.15, -0.1) is 0 Å². The lowest BCUT2D eigenvalue weighted by Crippen LogP contribution is -2.19. The Hall–Kier alpha value is -1.35. The van der Waals surface area contributed by atoms with Crippen LogP contribution < -0.4 is 5.32 Å². The highest BCUT2D eigenvalue weighted by Gasteiger charge is 2.12. The lowest BCUT2D eigenvalue weighted by atomic mass is 10.0. The second-order valence-electron chi connectivity index (χ2n) is 5.61. The number of rotatable bonds is 8. The van der Waals surface area contributed by atoms with Crippen molar-refractivity contribution in [1.29, 1.82) is 0 Å². The summed E-state index contributed by atoms with van der Waals surface area (Å²) in [6, 6.07) is 8.44. The fraction of sp³-hybridized carbons (Fsp3) is 0.588. The molecule has 1 unspecified atom stereocenters. The Morgan fingerprint density at radius 3 is 2.75 bits per heavy atom. The van der Waals surface area contributed by atoms with Crippen LogP contribution in [0, 0.1) is 5.92 Å². The Bertz CT molecular complexity index is 530. The van der Waals surface area contributed by atoms with E-state index in [-0.39, 0.29) is 0 Å². The maximum absolute atomic E-state index is 4.81. The van der Waals surface area contributed by atoms with Gasteiger partial charge in [0.25, 0.3) is 0 Å². The van der Waals surface area contributed by atoms with Crippen LogP contribution in [-0.2, 0) is 13.0 Å². The van der Waals surface area contributed by atoms with Crippen LogP contribution in [0.2, 0.25) is 0 Å². The predicted octanol–water partition coefficient (Wildman–Crippen LogP) is 3.62. The molecule has 0 spiro atoms. The smallest absolute Gasteiger partial charge is 0.110 e. The summed E-state index contributed by atoms with van der Waals surface area (Å²) in [5.74, 6) is 1.90. The fourth-order valence-corrected chi connectivity index (χ4v) is 2.70. The highest BCUT2D eigenvalue weighted by atomic mass is 15.1. The first-order valence-electron chi connectivity index (χ1n) is 7.91. The summed E-state index contributed by atoms with van der Waals surface area (Å²) >= 11 is 0. The minimum atomic E-state index is 0.668. The molecule has 2 aromatic rings. The van der Waals surface area contributed by atoms with Gasteiger partial charge < -0.3 is 9.88 Å². The summed E-state index contributed by atoms with van der Waals surface area (Å²) in [5, 5.41) is 3.48. The molecule has 0 saturated carbocycles. The molecule has 1 heterocycles. The number of hydrogen-bond acceptors (Lipinski definition) is 2. The average Bonchev–Trinajstić information content (AvgIpc) is 2.80. The molecule has 3 heteroatoms. The molecule has 0 radical (unpaired) electrons. The van der Waals surface area contributed by atoms with Gasteiger partial charge in [-0.05, 0) is 50.9 Å². The van der Waals surface area contributed by atoms with E-state index in [1.54, 1.807) is 0 Å². The molecular formula is C17H27N3. The monoisotopic (exact) mass is 273 g/mol. The molecule has 2 rings (SSSR count). The molecule has 3 nitrogen and oxygen atoms in total. The molecule has 0 aliphatic heterocycles. The van der Waals surface area contributed by atoms with Crippen LogP contribution in [0.4, 0.5) is 0 Å². The lowest BCUT2D eigenvalue weighted by Gasteiger charge is -2.13. The van der Waals surface area contributed by atoms with Crippen molar-refractivity contribution in [3.8, 4) is 0 Å². The van der Waals surface area contributed by atoms with E-state index < -0.39 is 0 Å². The van der Waals surface area contributed by atoms with Gasteiger partial charge in [0.2, 0.25) is 0 Å². The molecule has 0 fully saturated rings. The number of imidazole rings is 1. The molecule has 1 aromatic carbocycles. The Balaban J connectivity index is 2.01. The Morgan fingerprint density at radius 1 is 1.20 bits per heavy atom. The number of nitrogens with one attached hydrogen (secondary N) is 1. The number of aryl methyl sites for hydroxylation is 1. The van der Waals surface area contributed by atoms with Gasteiger partial charge in [0.05, 0.1) is 11.0 Å². The number of benzene rings is 1. The van der Waals surface area contributed by atoms with Gasteiger partial charge in [0, 0.05) is 13.0 Å². The molecule has 0 saturated heterocycles. The molecule has 1 atom stereocenters. The Morgan fingerprint density at radius 2 is 2.00 bits per heavy atom. The predicted molar refractivity (Wildman–Crippen MR) is 86.1 cm³/mol. The Labute approximate surface area is 122 Å². The zero-order valence-corrected chi connectivity index (χ0v) is 13.0. The Kier molecular flexibility index (Phi) is 5.60. The highest BCUT2D eigenvalue weighted by Crippen LogP contribution is 2.19. The van der Waals surface area contributed by atoms with E-state index in [1.807, 2.05) is 0 Å². The van der Waals surface area contributed by atoms with Crippen LogP contribution in [-0.4, -0.2) is 22.6 Å². The fourth-order valence-electron chi connectivity index (χ4n) is 2.70. The van der Waals surface area contributed by atoms with E-state index in [4.69, 9.17) is 4.98 Å². The second-order valence-corrected chi connectivity index (χ2v) is 5.61. The summed E-state index contributed by atoms with van der Waals surface area (Å²) in [7, 11) is 0. The molecule has 110 valence electrons. The molecule has 0 bridgehead atoms. The largest absolute Gasteiger partial charge is 0.328 e. The lowest BCUT2D eigenvalue weighted by molar-refractivity contribution is 0.480. The minimum Gasteiger partial charge on any atom is -0.328 e. The molecule has 0 aliphatic carbocycles. The van der Waals surface area contributed by atoms with Gasteiger partial charge >= 0.3 is 0 Å². The standard InChI is InChI=1S/C17H27N3/c1-4-11-18-12-10-14(3)13-17-19-15-8-6-7-9-16(15)20(17)5-2/h6-9,14,18H,4-5,10-13H2,1-3H3. The van der Waals surface area contributed by atoms with Crippen LogP contribution in [0.15, 0.2) is 24.3 Å². The van der Waals surface area contributed by atoms with Gasteiger partial charge in [-0.3, -0.25) is 0 Å². The third-order valence-corrected chi connectivity index (χ3v) is 3.82. The van der Waals surface area contributed by atoms with Crippen molar-refractivity contribution in [2.75, 3.05) is 13.1 Å². The summed E-state index contributed by atoms with van der Waals surface area (Å²) < 4.78 is 2.35. The number of para-hydroxylation sites is 2.